The molecule has 0 fully saturated rings. The summed E-state index contributed by atoms with van der Waals surface area (Å²) in [5.41, 5.74) is 0.00583. The Morgan fingerprint density at radius 2 is 1.82 bits per heavy atom. The van der Waals surface area contributed by atoms with Crippen LogP contribution in [0.25, 0.3) is 0 Å². The maximum Gasteiger partial charge on any atom is 0.335 e. The number of ether oxygens (including phenoxy) is 3. The van der Waals surface area contributed by atoms with Gasteiger partial charge in [-0.3, -0.25) is 0 Å². The van der Waals surface area contributed by atoms with Crippen LogP contribution in [0.1, 0.15) is 10.4 Å². The Kier molecular flexibility index (Phi) is 4.56. The van der Waals surface area contributed by atoms with Crippen molar-refractivity contribution in [2.45, 2.75) is 0 Å². The molecule has 0 unspecified atom stereocenters. The summed E-state index contributed by atoms with van der Waals surface area (Å²) in [6.07, 6.45) is 0. The van der Waals surface area contributed by atoms with Gasteiger partial charge in [-0.15, -0.1) is 0 Å². The van der Waals surface area contributed by atoms with Gasteiger partial charge in [-0.05, 0) is 12.1 Å². The largest absolute Gasteiger partial charge is 0.493 e. The Labute approximate surface area is 97.7 Å². The molecule has 0 amide bonds. The van der Waals surface area contributed by atoms with Gasteiger partial charge in [-0.1, -0.05) is 0 Å². The van der Waals surface area contributed by atoms with Crippen LogP contribution in [0.3, 0.4) is 0 Å². The number of halogens is 1. The van der Waals surface area contributed by atoms with E-state index >= 15 is 0 Å². The van der Waals surface area contributed by atoms with Gasteiger partial charge in [0, 0.05) is 0 Å². The fraction of sp³-hybridized carbons (Fsp3) is 0.364. The van der Waals surface area contributed by atoms with E-state index in [1.165, 1.54) is 26.4 Å². The van der Waals surface area contributed by atoms with Crippen molar-refractivity contribution >= 4 is 5.97 Å². The van der Waals surface area contributed by atoms with Gasteiger partial charge in [-0.25, -0.2) is 9.18 Å². The lowest BCUT2D eigenvalue weighted by Gasteiger charge is -2.14. The molecule has 17 heavy (non-hydrogen) atoms. The van der Waals surface area contributed by atoms with Crippen LogP contribution in [0.2, 0.25) is 0 Å². The number of alkyl halides is 1. The van der Waals surface area contributed by atoms with Gasteiger partial charge in [0.15, 0.2) is 11.5 Å². The van der Waals surface area contributed by atoms with E-state index in [1.54, 1.807) is 0 Å². The number of aromatic carboxylic acids is 1. The summed E-state index contributed by atoms with van der Waals surface area (Å²) in [6.45, 7) is -0.813. The lowest BCUT2D eigenvalue weighted by Crippen LogP contribution is -2.05. The molecule has 1 aromatic carbocycles. The van der Waals surface area contributed by atoms with Crippen LogP contribution in [-0.4, -0.2) is 38.6 Å². The summed E-state index contributed by atoms with van der Waals surface area (Å²) >= 11 is 0. The predicted molar refractivity (Wildman–Crippen MR) is 58.0 cm³/mol. The third-order valence-electron chi connectivity index (χ3n) is 2.03. The zero-order valence-corrected chi connectivity index (χ0v) is 9.53. The van der Waals surface area contributed by atoms with Crippen LogP contribution >= 0.6 is 0 Å². The van der Waals surface area contributed by atoms with E-state index in [9.17, 15) is 9.18 Å². The summed E-state index contributed by atoms with van der Waals surface area (Å²) in [4.78, 5) is 10.9. The lowest BCUT2D eigenvalue weighted by molar-refractivity contribution is 0.0696. The first-order valence-electron chi connectivity index (χ1n) is 4.82. The van der Waals surface area contributed by atoms with Crippen LogP contribution in [-0.2, 0) is 0 Å². The molecule has 1 N–H and O–H groups in total. The topological polar surface area (TPSA) is 65.0 Å². The highest BCUT2D eigenvalue weighted by Crippen LogP contribution is 2.38. The third-order valence-corrected chi connectivity index (χ3v) is 2.03. The van der Waals surface area contributed by atoms with Gasteiger partial charge in [0.25, 0.3) is 0 Å². The van der Waals surface area contributed by atoms with Crippen molar-refractivity contribution in [3.8, 4) is 17.2 Å². The highest BCUT2D eigenvalue weighted by molar-refractivity contribution is 5.89. The maximum absolute atomic E-state index is 12.1. The van der Waals surface area contributed by atoms with Gasteiger partial charge >= 0.3 is 5.97 Å². The molecule has 0 saturated carbocycles. The van der Waals surface area contributed by atoms with Gasteiger partial charge < -0.3 is 19.3 Å². The van der Waals surface area contributed by atoms with E-state index < -0.39 is 12.6 Å². The minimum Gasteiger partial charge on any atom is -0.493 e. The lowest BCUT2D eigenvalue weighted by atomic mass is 10.2. The summed E-state index contributed by atoms with van der Waals surface area (Å²) in [5, 5.41) is 8.88. The average molecular weight is 244 g/mol. The molecule has 0 heterocycles. The van der Waals surface area contributed by atoms with Crippen molar-refractivity contribution in [3.05, 3.63) is 17.7 Å². The van der Waals surface area contributed by atoms with Gasteiger partial charge in [0.05, 0.1) is 19.8 Å². The number of hydrogen-bond donors (Lipinski definition) is 1. The van der Waals surface area contributed by atoms with E-state index in [0.29, 0.717) is 0 Å². The van der Waals surface area contributed by atoms with Crippen LogP contribution < -0.4 is 14.2 Å². The predicted octanol–water partition coefficient (Wildman–Crippen LogP) is 1.75. The summed E-state index contributed by atoms with van der Waals surface area (Å²) in [5.74, 6) is -0.540. The number of benzene rings is 1. The number of hydrogen-bond acceptors (Lipinski definition) is 4. The molecule has 0 bridgehead atoms. The fourth-order valence-corrected chi connectivity index (χ4v) is 1.29. The molecule has 0 aliphatic carbocycles. The molecule has 94 valence electrons. The molecular formula is C11H13FO5. The van der Waals surface area contributed by atoms with Crippen LogP contribution in [0.4, 0.5) is 4.39 Å². The van der Waals surface area contributed by atoms with E-state index in [-0.39, 0.29) is 29.4 Å². The van der Waals surface area contributed by atoms with Crippen molar-refractivity contribution in [1.82, 2.24) is 0 Å². The standard InChI is InChI=1S/C11H13FO5/c1-15-8-5-7(11(13)14)6-9(16-2)10(8)17-4-3-12/h5-6H,3-4H2,1-2H3,(H,13,14). The van der Waals surface area contributed by atoms with Crippen molar-refractivity contribution < 1.29 is 28.5 Å². The minimum absolute atomic E-state index is 0.00583. The number of rotatable bonds is 6. The fourth-order valence-electron chi connectivity index (χ4n) is 1.29. The highest BCUT2D eigenvalue weighted by atomic mass is 19.1. The molecule has 0 aromatic heterocycles. The quantitative estimate of drug-likeness (QED) is 0.825. The third kappa shape index (κ3) is 2.99. The Bertz CT molecular complexity index is 380. The number of carboxylic acids is 1. The number of carbonyl (C=O) groups is 1. The summed E-state index contributed by atoms with van der Waals surface area (Å²) < 4.78 is 27.1. The van der Waals surface area contributed by atoms with Crippen LogP contribution in [0.15, 0.2) is 12.1 Å². The molecule has 0 spiro atoms. The second-order valence-electron chi connectivity index (χ2n) is 3.05. The SMILES string of the molecule is COc1cc(C(=O)O)cc(OC)c1OCCF. The monoisotopic (exact) mass is 244 g/mol. The second-order valence-corrected chi connectivity index (χ2v) is 3.05. The molecule has 1 rings (SSSR count). The molecule has 1 aromatic rings. The van der Waals surface area contributed by atoms with Gasteiger partial charge in [0.1, 0.15) is 13.3 Å². The number of methoxy groups -OCH3 is 2. The molecule has 0 aliphatic rings. The van der Waals surface area contributed by atoms with E-state index in [2.05, 4.69) is 0 Å². The molecule has 6 heteroatoms. The summed E-state index contributed by atoms with van der Waals surface area (Å²) in [6, 6.07) is 2.58. The van der Waals surface area contributed by atoms with E-state index in [1.807, 2.05) is 0 Å². The Balaban J connectivity index is 3.21. The molecule has 0 radical (unpaired) electrons. The molecule has 0 aliphatic heterocycles. The minimum atomic E-state index is -1.11. The molecule has 0 atom stereocenters. The average Bonchev–Trinajstić information content (AvgIpc) is 2.34. The van der Waals surface area contributed by atoms with Crippen molar-refractivity contribution in [2.24, 2.45) is 0 Å². The zero-order valence-electron chi connectivity index (χ0n) is 9.53. The van der Waals surface area contributed by atoms with Crippen LogP contribution in [0, 0.1) is 0 Å². The molecule has 5 nitrogen and oxygen atoms in total. The van der Waals surface area contributed by atoms with Gasteiger partial charge in [-0.2, -0.15) is 0 Å². The van der Waals surface area contributed by atoms with E-state index in [4.69, 9.17) is 19.3 Å². The normalized spacial score (nSPS) is 9.82. The highest BCUT2D eigenvalue weighted by Gasteiger charge is 2.16. The Morgan fingerprint density at radius 1 is 1.29 bits per heavy atom. The van der Waals surface area contributed by atoms with E-state index in [0.717, 1.165) is 0 Å². The number of carboxylic acid groups (broad SMARTS) is 1. The Hall–Kier alpha value is -1.98. The first-order valence-corrected chi connectivity index (χ1v) is 4.82. The van der Waals surface area contributed by atoms with Crippen molar-refractivity contribution in [3.63, 3.8) is 0 Å². The summed E-state index contributed by atoms with van der Waals surface area (Å²) in [7, 11) is 2.73. The maximum atomic E-state index is 12.1. The molecule has 0 saturated heterocycles. The molecular weight excluding hydrogens is 231 g/mol. The van der Waals surface area contributed by atoms with Crippen LogP contribution in [0.5, 0.6) is 17.2 Å². The first-order chi connectivity index (χ1) is 8.13. The zero-order chi connectivity index (χ0) is 12.8. The van der Waals surface area contributed by atoms with Crippen molar-refractivity contribution in [2.75, 3.05) is 27.5 Å². The smallest absolute Gasteiger partial charge is 0.335 e. The first kappa shape index (κ1) is 13.1. The van der Waals surface area contributed by atoms with Gasteiger partial charge in [0.2, 0.25) is 5.75 Å². The second kappa shape index (κ2) is 5.93. The Morgan fingerprint density at radius 3 is 2.18 bits per heavy atom. The van der Waals surface area contributed by atoms with Crippen molar-refractivity contribution in [1.29, 1.82) is 0 Å².